The van der Waals surface area contributed by atoms with E-state index in [0.29, 0.717) is 52.5 Å². The Morgan fingerprint density at radius 3 is 0.922 bits per heavy atom. The van der Waals surface area contributed by atoms with Crippen LogP contribution in [0.4, 0.5) is 0 Å². The van der Waals surface area contributed by atoms with Crippen LogP contribution in [-0.2, 0) is 131 Å². The second-order valence-electron chi connectivity index (χ2n) is 23.8. The number of aliphatic carboxylic acids is 6. The Morgan fingerprint density at radius 1 is 0.433 bits per heavy atom. The quantitative estimate of drug-likeness (QED) is 0.00653. The molecule has 0 bridgehead atoms. The van der Waals surface area contributed by atoms with Crippen LogP contribution in [0.15, 0.2) is 136 Å². The smallest absolute Gasteiger partial charge is 0.747 e. The first-order valence-electron chi connectivity index (χ1n) is 36.5. The summed E-state index contributed by atoms with van der Waals surface area (Å²) >= 11 is 28.4. The summed E-state index contributed by atoms with van der Waals surface area (Å²) in [5.74, 6) is -9.92. The molecule has 2 radical (unpaired) electrons. The van der Waals surface area contributed by atoms with Gasteiger partial charge in [-0.25, -0.2) is 90.7 Å². The van der Waals surface area contributed by atoms with E-state index in [1.165, 1.54) is 81.7 Å². The van der Waals surface area contributed by atoms with Gasteiger partial charge in [0.05, 0.1) is 63.2 Å². The van der Waals surface area contributed by atoms with E-state index in [-0.39, 0.29) is 238 Å². The van der Waals surface area contributed by atoms with E-state index in [0.717, 1.165) is 87.0 Å². The van der Waals surface area contributed by atoms with E-state index < -0.39 is 191 Å². The number of carbonyl (C=O) groups is 6. The zero-order chi connectivity index (χ0) is 109. The molecule has 0 spiro atoms. The molecule has 141 heavy (non-hydrogen) atoms. The van der Waals surface area contributed by atoms with Gasteiger partial charge in [0.15, 0.2) is 29.5 Å². The molecule has 0 aromatic carbocycles. The number of aromatic nitrogens is 3. The number of nitrogens with zero attached hydrogens (tertiary/aromatic N) is 3. The average molecular weight is 2580 g/mol. The fourth-order valence-electron chi connectivity index (χ4n) is 6.28. The van der Waals surface area contributed by atoms with Crippen molar-refractivity contribution in [2.45, 2.75) is 131 Å². The molecule has 6 N–H and O–H groups in total. The molecule has 3 aromatic heterocycles. The molecule has 3 aromatic rings. The summed E-state index contributed by atoms with van der Waals surface area (Å²) < 4.78 is 259. The molecule has 0 fully saturated rings. The number of sulfone groups is 3. The summed E-state index contributed by atoms with van der Waals surface area (Å²) in [6.45, 7) is 24.1. The summed E-state index contributed by atoms with van der Waals surface area (Å²) in [6.07, 6.45) is 10.6. The molecular weight excluding hydrogens is 2470 g/mol. The van der Waals surface area contributed by atoms with Crippen molar-refractivity contribution in [2.24, 2.45) is 29.6 Å². The maximum absolute atomic E-state index is 11.6. The van der Waals surface area contributed by atoms with Gasteiger partial charge in [-0.15, -0.1) is 47.0 Å². The van der Waals surface area contributed by atoms with Crippen molar-refractivity contribution < 1.29 is 340 Å². The van der Waals surface area contributed by atoms with Crippen LogP contribution in [0.2, 0.25) is 0 Å². The SMILES string of the molecule is C=CS(=O)(=O)C=C.C=CS(=O)(=O)CCSC(CC(C)C(=O)O)S(=O)(=O)[O-].C=CS(=O)(=O)[O-].CC(CC(SSc1ccccn1)S(=O)(=O)[O-])C(=O)O.CCSC(=S)SC(C)C(=O)O.CCSC(=S)SC(CC(C)C(=O)O)S(=O)(=O)[O-].CS.CS.CSCCS(=O)(=O)CCSC(CC(C)C(=O)O)S(=O)(=O)[O-].CSSC(CC(C)C(=O)O)S(=O)(=O)[O-].[2H][P+]([B])=S.[Na+].[Na+].[Na+].[Na+].[Na+].[Na+].c1ccc(SSc2ccccn2)nc1. The number of rotatable bonds is 48. The Hall–Kier alpha value is 4.55. The number of carboxylic acid groups (broad SMARTS) is 6. The summed E-state index contributed by atoms with van der Waals surface area (Å²) in [5.41, 5.74) is 0. The van der Waals surface area contributed by atoms with Crippen molar-refractivity contribution in [2.75, 3.05) is 71.0 Å². The van der Waals surface area contributed by atoms with Gasteiger partial charge in [0, 0.05) is 57.5 Å². The van der Waals surface area contributed by atoms with Gasteiger partial charge < -0.3 is 58.0 Å². The molecule has 12 atom stereocenters. The van der Waals surface area contributed by atoms with Gasteiger partial charge in [0.2, 0.25) is 0 Å². The van der Waals surface area contributed by atoms with Gasteiger partial charge in [0.25, 0.3) is 0 Å². The second kappa shape index (κ2) is 102. The van der Waals surface area contributed by atoms with Gasteiger partial charge >= 0.3 is 222 Å². The van der Waals surface area contributed by atoms with Crippen LogP contribution in [0.1, 0.15) is 87.5 Å². The van der Waals surface area contributed by atoms with Crippen molar-refractivity contribution in [3.8, 4) is 0 Å². The Balaban J connectivity index is -0.0000000983. The van der Waals surface area contributed by atoms with Crippen LogP contribution in [-0.4, -0.2) is 300 Å². The summed E-state index contributed by atoms with van der Waals surface area (Å²) in [7, 11) is -26.5. The maximum atomic E-state index is 11.6. The van der Waals surface area contributed by atoms with Gasteiger partial charge in [-0.05, 0) is 144 Å². The molecule has 3 heterocycles. The van der Waals surface area contributed by atoms with Crippen LogP contribution in [0, 0.1) is 29.6 Å². The second-order valence-corrected chi connectivity index (χ2v) is 59.8. The van der Waals surface area contributed by atoms with Crippen LogP contribution in [0.5, 0.6) is 0 Å². The Labute approximate surface area is 1050 Å². The van der Waals surface area contributed by atoms with E-state index in [1.54, 1.807) is 90.3 Å². The molecule has 0 amide bonds. The van der Waals surface area contributed by atoms with Crippen LogP contribution >= 0.6 is 204 Å². The first kappa shape index (κ1) is 176. The van der Waals surface area contributed by atoms with Gasteiger partial charge in [-0.3, -0.25) is 28.8 Å². The molecule has 12 unspecified atom stereocenters. The molecule has 74 heteroatoms. The van der Waals surface area contributed by atoms with E-state index in [9.17, 15) is 132 Å². The Kier molecular flexibility index (Phi) is 128. The molecule has 0 aliphatic carbocycles. The van der Waals surface area contributed by atoms with Gasteiger partial charge in [0.1, 0.15) is 114 Å². The maximum Gasteiger partial charge on any atom is 1.00 e. The minimum Gasteiger partial charge on any atom is -0.747 e. The normalized spacial score (nSPS) is 13.2. The molecule has 39 nitrogen and oxygen atoms in total. The van der Waals surface area contributed by atoms with Gasteiger partial charge in [-0.2, -0.15) is 37.0 Å². The zero-order valence-corrected chi connectivity index (χ0v) is 115. The van der Waals surface area contributed by atoms with Crippen molar-refractivity contribution in [1.82, 2.24) is 15.0 Å². The Bertz CT molecular complexity index is 5090. The zero-order valence-electron chi connectivity index (χ0n) is 80.5. The summed E-state index contributed by atoms with van der Waals surface area (Å²) in [6, 6.07) is 16.9. The Morgan fingerprint density at radius 2 is 0.695 bits per heavy atom. The first-order valence-corrected chi connectivity index (χ1v) is 68.8. The van der Waals surface area contributed by atoms with Gasteiger partial charge in [-0.1, -0.05) is 173 Å². The topological polar surface area (TPSA) is 708 Å². The van der Waals surface area contributed by atoms with Crippen molar-refractivity contribution in [3.63, 3.8) is 0 Å². The molecule has 3 rings (SSSR count). The average Bonchev–Trinajstić information content (AvgIpc) is 0.877. The van der Waals surface area contributed by atoms with E-state index >= 15 is 0 Å². The number of thiol groups is 2. The minimum absolute atomic E-state index is 0. The molecule has 0 aliphatic heterocycles. The number of carboxylic acids is 6. The molecule has 0 saturated heterocycles. The van der Waals surface area contributed by atoms with E-state index in [2.05, 4.69) is 85.9 Å². The predicted octanol–water partition coefficient (Wildman–Crippen LogP) is -5.54. The third-order valence-electron chi connectivity index (χ3n) is 13.3. The van der Waals surface area contributed by atoms with Crippen LogP contribution < -0.4 is 177 Å². The fraction of sp³-hybridized carbons (Fsp3) is 0.537. The largest absolute Gasteiger partial charge is 1.00 e. The molecular formula is C67H106BN3Na6O36PS27+. The van der Waals surface area contributed by atoms with Crippen molar-refractivity contribution in [3.05, 3.63) is 121 Å². The number of hydrogen-bond donors (Lipinski definition) is 8. The molecule has 0 saturated carbocycles. The summed E-state index contributed by atoms with van der Waals surface area (Å²) in [5, 5.41) is 56.9. The van der Waals surface area contributed by atoms with Crippen molar-refractivity contribution >= 4 is 356 Å². The number of pyridine rings is 3. The summed E-state index contributed by atoms with van der Waals surface area (Å²) in [4.78, 5) is 75.9. The fourth-order valence-corrected chi connectivity index (χ4v) is 31.9. The minimum atomic E-state index is -4.69. The third-order valence-corrected chi connectivity index (χ3v) is 42.6. The monoisotopic (exact) mass is 2570 g/mol. The number of thiocarbonyl (C=S) groups is 2. The first-order chi connectivity index (χ1) is 62.2. The molecule has 780 valence electrons. The van der Waals surface area contributed by atoms with E-state index in [4.69, 9.17) is 56.4 Å². The van der Waals surface area contributed by atoms with Crippen LogP contribution in [0.25, 0.3) is 0 Å². The molecule has 0 aliphatic rings. The standard InChI is InChI=1S/C10H8N2S2.C10H13NO5S3.C10H20O7S4.C9H16O7S3.C8H14O5S4.C6H12O5S3.C6H10O2S3.C4H6O2S.C2H4O3S.2CH4S.BHPS.6Na/c1-3-7-11-9(5-1)13-14-10-6-2-4-8-12-10;1-7(10(12)13)6-9(19(14,15)16)18-17-8-4-2-3-5-11-8;1-8(10(11)12)7-9(21(15,16)17)19-4-6-20(13,14)5-3-18-2;1-3-18(12,13)5-4-17-8(19(14,15)16)6-7(2)9(10)11;1-3-15-8(14)16-6(17(11,12)13)4-5(2)7(9)10;1-4(6(7)8)3-5(13-12-2)14(9,10)11;1-3-10-6(9)11-4(2)5(7)8;1-3-7(5,6)4-2;1-2-6(3,4)5;2*1-2;1-2-3;;;;;;/h1-8H;2-5,7,9H,6H2,1H3,(H,12,13)(H,14,15,16);8-9H,3-7H2,1-2H3,(H,11,12)(H,15,16,17);3,7-8H,1,4-6H2,2H3,(H,10,11)(H,14,15,16);5-6H,3-4H2,1-2H3,(H,9,10)(H,11,12,13);4-5H,3H2,1-2H3,(H,7,8)(H,9,10,11);4H,3H2,1-2H3,(H,7,8);3-4H,1-2H2;2H,1H2,(H,3,4,5);2*2H,1H3;2H;;;;;;/q;;;;;;;;;;;7*+1/p-6/i;;;;;;;;;;;2D;;;;;;. The number of thioether (sulfide) groups is 7. The van der Waals surface area contributed by atoms with E-state index in [1.807, 2.05) is 50.2 Å². The number of hydrogen-bond acceptors (Lipinski definition) is 51. The van der Waals surface area contributed by atoms with Crippen LogP contribution in [0.3, 0.4) is 0 Å². The predicted molar refractivity (Wildman–Crippen MR) is 574 cm³/mol. The van der Waals surface area contributed by atoms with Crippen molar-refractivity contribution in [1.29, 1.82) is 1.28 Å². The third kappa shape index (κ3) is 114.